The number of carboxylic acid groups (broad SMARTS) is 1. The highest BCUT2D eigenvalue weighted by molar-refractivity contribution is 7.99. The van der Waals surface area contributed by atoms with Crippen LogP contribution in [0, 0.1) is 0 Å². The minimum Gasteiger partial charge on any atom is -0.480 e. The molecule has 2 N–H and O–H groups in total. The summed E-state index contributed by atoms with van der Waals surface area (Å²) in [7, 11) is 1.60. The molecule has 0 bridgehead atoms. The number of methoxy groups -OCH3 is 1. The maximum Gasteiger partial charge on any atom is 0.327 e. The highest BCUT2D eigenvalue weighted by Crippen LogP contribution is 2.22. The molecule has 0 aliphatic carbocycles. The summed E-state index contributed by atoms with van der Waals surface area (Å²) >= 11 is 1.42. The summed E-state index contributed by atoms with van der Waals surface area (Å²) < 4.78 is 6.58. The third-order valence-corrected chi connectivity index (χ3v) is 3.85. The van der Waals surface area contributed by atoms with Crippen molar-refractivity contribution < 1.29 is 19.4 Å². The molecule has 8 nitrogen and oxygen atoms in total. The standard InChI is InChI=1S/C11H16N4O4S/c1-19-3-2-14-5-8(4-12-14)13-11(18)15-7-20-6-9(15)10(16)17/h4-5,9H,2-3,6-7H2,1H3,(H,13,18)(H,16,17). The third kappa shape index (κ3) is 3.42. The van der Waals surface area contributed by atoms with Gasteiger partial charge < -0.3 is 20.1 Å². The van der Waals surface area contributed by atoms with Crippen molar-refractivity contribution in [2.24, 2.45) is 0 Å². The van der Waals surface area contributed by atoms with E-state index < -0.39 is 18.0 Å². The minimum absolute atomic E-state index is 0.376. The zero-order chi connectivity index (χ0) is 14.5. The summed E-state index contributed by atoms with van der Waals surface area (Å²) in [4.78, 5) is 24.4. The molecule has 9 heteroatoms. The predicted octanol–water partition coefficient (Wildman–Crippen LogP) is 0.521. The number of aliphatic carboxylic acids is 1. The number of carbonyl (C=O) groups excluding carboxylic acids is 1. The van der Waals surface area contributed by atoms with E-state index >= 15 is 0 Å². The smallest absolute Gasteiger partial charge is 0.327 e. The molecule has 2 heterocycles. The van der Waals surface area contributed by atoms with Crippen molar-refractivity contribution in [2.45, 2.75) is 12.6 Å². The van der Waals surface area contributed by atoms with Crippen LogP contribution in [0.2, 0.25) is 0 Å². The van der Waals surface area contributed by atoms with Gasteiger partial charge in [0.05, 0.1) is 30.9 Å². The molecule has 20 heavy (non-hydrogen) atoms. The number of hydrogen-bond acceptors (Lipinski definition) is 5. The van der Waals surface area contributed by atoms with Crippen LogP contribution in [0.5, 0.6) is 0 Å². The lowest BCUT2D eigenvalue weighted by Gasteiger charge is -2.20. The highest BCUT2D eigenvalue weighted by atomic mass is 32.2. The van der Waals surface area contributed by atoms with Crippen LogP contribution < -0.4 is 5.32 Å². The van der Waals surface area contributed by atoms with Crippen LogP contribution >= 0.6 is 11.8 Å². The van der Waals surface area contributed by atoms with Gasteiger partial charge in [-0.25, -0.2) is 9.59 Å². The van der Waals surface area contributed by atoms with Gasteiger partial charge in [0, 0.05) is 19.1 Å². The van der Waals surface area contributed by atoms with Crippen LogP contribution in [0.3, 0.4) is 0 Å². The van der Waals surface area contributed by atoms with Crippen molar-refractivity contribution in [3.63, 3.8) is 0 Å². The first-order valence-electron chi connectivity index (χ1n) is 6.01. The number of rotatable bonds is 5. The lowest BCUT2D eigenvalue weighted by atomic mass is 10.3. The Labute approximate surface area is 120 Å². The number of thioether (sulfide) groups is 1. The van der Waals surface area contributed by atoms with Gasteiger partial charge in [0.25, 0.3) is 0 Å². The number of carboxylic acids is 1. The molecule has 0 saturated carbocycles. The van der Waals surface area contributed by atoms with E-state index in [1.165, 1.54) is 22.9 Å². The van der Waals surface area contributed by atoms with Crippen molar-refractivity contribution in [1.29, 1.82) is 0 Å². The number of anilines is 1. The molecule has 1 atom stereocenters. The van der Waals surface area contributed by atoms with E-state index in [1.807, 2.05) is 0 Å². The van der Waals surface area contributed by atoms with E-state index in [2.05, 4.69) is 10.4 Å². The van der Waals surface area contributed by atoms with Gasteiger partial charge in [-0.05, 0) is 0 Å². The van der Waals surface area contributed by atoms with E-state index in [0.29, 0.717) is 30.5 Å². The molecule has 110 valence electrons. The summed E-state index contributed by atoms with van der Waals surface area (Å²) in [6.07, 6.45) is 3.20. The number of hydrogen-bond donors (Lipinski definition) is 2. The number of amides is 2. The second-order valence-electron chi connectivity index (χ2n) is 4.24. The fraction of sp³-hybridized carbons (Fsp3) is 0.545. The predicted molar refractivity (Wildman–Crippen MR) is 73.7 cm³/mol. The molecular formula is C11H16N4O4S. The van der Waals surface area contributed by atoms with Crippen molar-refractivity contribution in [1.82, 2.24) is 14.7 Å². The Morgan fingerprint density at radius 2 is 2.45 bits per heavy atom. The van der Waals surface area contributed by atoms with Crippen molar-refractivity contribution in [3.05, 3.63) is 12.4 Å². The van der Waals surface area contributed by atoms with Gasteiger partial charge in [0.15, 0.2) is 0 Å². The van der Waals surface area contributed by atoms with Crippen LogP contribution in [-0.2, 0) is 16.1 Å². The molecule has 1 aromatic rings. The summed E-state index contributed by atoms with van der Waals surface area (Å²) in [5.74, 6) is -0.197. The molecule has 1 aliphatic rings. The zero-order valence-electron chi connectivity index (χ0n) is 11.0. The Kier molecular flexibility index (Phi) is 4.85. The molecule has 2 rings (SSSR count). The zero-order valence-corrected chi connectivity index (χ0v) is 11.8. The van der Waals surface area contributed by atoms with E-state index in [-0.39, 0.29) is 0 Å². The molecule has 2 amide bonds. The van der Waals surface area contributed by atoms with Gasteiger partial charge in [-0.3, -0.25) is 4.68 Å². The average Bonchev–Trinajstić information content (AvgIpc) is 3.04. The SMILES string of the molecule is COCCn1cc(NC(=O)N2CSCC2C(=O)O)cn1. The Bertz CT molecular complexity index is 493. The average molecular weight is 300 g/mol. The number of aromatic nitrogens is 2. The molecule has 1 fully saturated rings. The fourth-order valence-electron chi connectivity index (χ4n) is 1.78. The molecule has 0 radical (unpaired) electrons. The van der Waals surface area contributed by atoms with Crippen LogP contribution in [0.4, 0.5) is 10.5 Å². The normalized spacial score (nSPS) is 18.2. The lowest BCUT2D eigenvalue weighted by molar-refractivity contribution is -0.140. The maximum atomic E-state index is 12.0. The maximum absolute atomic E-state index is 12.0. The second-order valence-corrected chi connectivity index (χ2v) is 5.24. The van der Waals surface area contributed by atoms with E-state index in [0.717, 1.165) is 0 Å². The second kappa shape index (κ2) is 6.62. The number of nitrogens with one attached hydrogen (secondary N) is 1. The third-order valence-electron chi connectivity index (χ3n) is 2.84. The Morgan fingerprint density at radius 1 is 1.65 bits per heavy atom. The van der Waals surface area contributed by atoms with E-state index in [9.17, 15) is 9.59 Å². The van der Waals surface area contributed by atoms with Gasteiger partial charge in [-0.2, -0.15) is 5.10 Å². The van der Waals surface area contributed by atoms with Crippen LogP contribution in [0.15, 0.2) is 12.4 Å². The summed E-state index contributed by atoms with van der Waals surface area (Å²) in [5.41, 5.74) is 0.534. The Morgan fingerprint density at radius 3 is 3.15 bits per heavy atom. The van der Waals surface area contributed by atoms with Gasteiger partial charge in [0.1, 0.15) is 6.04 Å². The topological polar surface area (TPSA) is 96.7 Å². The first kappa shape index (κ1) is 14.7. The number of carbonyl (C=O) groups is 2. The summed E-state index contributed by atoms with van der Waals surface area (Å²) in [6, 6.07) is -1.20. The quantitative estimate of drug-likeness (QED) is 0.823. The molecule has 1 aromatic heterocycles. The van der Waals surface area contributed by atoms with Crippen molar-refractivity contribution in [2.75, 3.05) is 30.7 Å². The van der Waals surface area contributed by atoms with E-state index in [4.69, 9.17) is 9.84 Å². The molecule has 1 unspecified atom stereocenters. The van der Waals surface area contributed by atoms with Gasteiger partial charge in [-0.15, -0.1) is 11.8 Å². The fourth-order valence-corrected chi connectivity index (χ4v) is 2.92. The monoisotopic (exact) mass is 300 g/mol. The van der Waals surface area contributed by atoms with Crippen LogP contribution in [0.25, 0.3) is 0 Å². The molecule has 1 saturated heterocycles. The summed E-state index contributed by atoms with van der Waals surface area (Å²) in [5, 5.41) is 15.8. The largest absolute Gasteiger partial charge is 0.480 e. The van der Waals surface area contributed by atoms with Crippen molar-refractivity contribution in [3.8, 4) is 0 Å². The van der Waals surface area contributed by atoms with E-state index in [1.54, 1.807) is 18.0 Å². The minimum atomic E-state index is -0.985. The van der Waals surface area contributed by atoms with Gasteiger partial charge in [0.2, 0.25) is 0 Å². The number of ether oxygens (including phenoxy) is 1. The molecular weight excluding hydrogens is 284 g/mol. The molecule has 0 aromatic carbocycles. The van der Waals surface area contributed by atoms with Crippen molar-refractivity contribution >= 4 is 29.4 Å². The lowest BCUT2D eigenvalue weighted by Crippen LogP contribution is -2.43. The molecule has 0 spiro atoms. The Hall–Kier alpha value is -1.74. The van der Waals surface area contributed by atoms with Gasteiger partial charge >= 0.3 is 12.0 Å². The Balaban J connectivity index is 1.93. The summed E-state index contributed by atoms with van der Waals surface area (Å²) in [6.45, 7) is 1.11. The first-order valence-corrected chi connectivity index (χ1v) is 7.17. The van der Waals surface area contributed by atoms with Crippen LogP contribution in [0.1, 0.15) is 0 Å². The molecule has 1 aliphatic heterocycles. The highest BCUT2D eigenvalue weighted by Gasteiger charge is 2.34. The van der Waals surface area contributed by atoms with Crippen LogP contribution in [-0.4, -0.2) is 63.2 Å². The first-order chi connectivity index (χ1) is 9.61. The number of urea groups is 1. The van der Waals surface area contributed by atoms with Gasteiger partial charge in [-0.1, -0.05) is 0 Å². The number of nitrogens with zero attached hydrogens (tertiary/aromatic N) is 3.